The Kier molecular flexibility index (Phi) is 2.21. The van der Waals surface area contributed by atoms with Crippen molar-refractivity contribution in [3.8, 4) is 0 Å². The minimum atomic E-state index is 0.140. The third-order valence-electron chi connectivity index (χ3n) is 2.25. The number of aryl methyl sites for hydroxylation is 1. The molecule has 0 spiro atoms. The van der Waals surface area contributed by atoms with Crippen LogP contribution in [0.5, 0.6) is 0 Å². The Hall–Kier alpha value is -1.42. The fourth-order valence-corrected chi connectivity index (χ4v) is 1.63. The summed E-state index contributed by atoms with van der Waals surface area (Å²) in [6.45, 7) is 1.99. The zero-order chi connectivity index (χ0) is 10.1. The second-order valence-corrected chi connectivity index (χ2v) is 3.64. The summed E-state index contributed by atoms with van der Waals surface area (Å²) in [5.74, 6) is 0. The van der Waals surface area contributed by atoms with Gasteiger partial charge in [-0.2, -0.15) is 5.10 Å². The third-order valence-corrected chi connectivity index (χ3v) is 2.25. The summed E-state index contributed by atoms with van der Waals surface area (Å²) < 4.78 is 1.85. The molecule has 2 aromatic heterocycles. The highest BCUT2D eigenvalue weighted by atomic mass is 15.3. The minimum absolute atomic E-state index is 0.140. The van der Waals surface area contributed by atoms with E-state index in [4.69, 9.17) is 5.73 Å². The highest BCUT2D eigenvalue weighted by Gasteiger charge is 2.09. The SMILES string of the molecule is CC(N)Cc1nn(C)c2cnccc12. The lowest BCUT2D eigenvalue weighted by molar-refractivity contribution is 0.693. The molecule has 0 saturated heterocycles. The maximum atomic E-state index is 5.76. The average Bonchev–Trinajstić information content (AvgIpc) is 2.44. The van der Waals surface area contributed by atoms with Crippen molar-refractivity contribution >= 4 is 10.9 Å². The summed E-state index contributed by atoms with van der Waals surface area (Å²) in [7, 11) is 1.93. The van der Waals surface area contributed by atoms with Crippen LogP contribution in [0.1, 0.15) is 12.6 Å². The molecule has 0 radical (unpaired) electrons. The standard InChI is InChI=1S/C10H14N4/c1-7(11)5-9-8-3-4-12-6-10(8)14(2)13-9/h3-4,6-7H,5,11H2,1-2H3. The molecule has 0 bridgehead atoms. The predicted octanol–water partition coefficient (Wildman–Crippen LogP) is 0.858. The number of hydrogen-bond donors (Lipinski definition) is 1. The Morgan fingerprint density at radius 3 is 3.07 bits per heavy atom. The van der Waals surface area contributed by atoms with Crippen LogP contribution in [0, 0.1) is 0 Å². The first-order valence-electron chi connectivity index (χ1n) is 4.69. The summed E-state index contributed by atoms with van der Waals surface area (Å²) in [6.07, 6.45) is 4.42. The zero-order valence-electron chi connectivity index (χ0n) is 8.44. The Labute approximate surface area is 82.7 Å². The summed E-state index contributed by atoms with van der Waals surface area (Å²) in [5, 5.41) is 5.58. The van der Waals surface area contributed by atoms with E-state index in [1.165, 1.54) is 0 Å². The summed E-state index contributed by atoms with van der Waals surface area (Å²) >= 11 is 0. The first-order chi connectivity index (χ1) is 6.68. The van der Waals surface area contributed by atoms with Gasteiger partial charge in [0.15, 0.2) is 0 Å². The van der Waals surface area contributed by atoms with E-state index in [2.05, 4.69) is 10.1 Å². The van der Waals surface area contributed by atoms with E-state index < -0.39 is 0 Å². The molecule has 0 fully saturated rings. The van der Waals surface area contributed by atoms with E-state index in [-0.39, 0.29) is 6.04 Å². The maximum absolute atomic E-state index is 5.76. The molecule has 0 saturated carbocycles. The van der Waals surface area contributed by atoms with Crippen LogP contribution in [0.25, 0.3) is 10.9 Å². The Balaban J connectivity index is 2.55. The highest BCUT2D eigenvalue weighted by molar-refractivity contribution is 5.80. The van der Waals surface area contributed by atoms with E-state index in [0.29, 0.717) is 0 Å². The largest absolute Gasteiger partial charge is 0.328 e. The molecule has 2 N–H and O–H groups in total. The van der Waals surface area contributed by atoms with Crippen molar-refractivity contribution in [2.75, 3.05) is 0 Å². The van der Waals surface area contributed by atoms with Crippen molar-refractivity contribution in [1.82, 2.24) is 14.8 Å². The number of aromatic nitrogens is 3. The smallest absolute Gasteiger partial charge is 0.0865 e. The second kappa shape index (κ2) is 3.38. The number of nitrogens with zero attached hydrogens (tertiary/aromatic N) is 3. The van der Waals surface area contributed by atoms with E-state index >= 15 is 0 Å². The molecular weight excluding hydrogens is 176 g/mol. The molecule has 14 heavy (non-hydrogen) atoms. The van der Waals surface area contributed by atoms with Gasteiger partial charge in [0.2, 0.25) is 0 Å². The molecule has 1 unspecified atom stereocenters. The van der Waals surface area contributed by atoms with Gasteiger partial charge < -0.3 is 5.73 Å². The molecule has 4 heteroatoms. The van der Waals surface area contributed by atoms with Crippen LogP contribution in [0.15, 0.2) is 18.5 Å². The fourth-order valence-electron chi connectivity index (χ4n) is 1.63. The molecule has 4 nitrogen and oxygen atoms in total. The molecule has 1 atom stereocenters. The topological polar surface area (TPSA) is 56.7 Å². The predicted molar refractivity (Wildman–Crippen MR) is 55.9 cm³/mol. The summed E-state index contributed by atoms with van der Waals surface area (Å²) in [5.41, 5.74) is 7.87. The van der Waals surface area contributed by atoms with Crippen molar-refractivity contribution in [3.63, 3.8) is 0 Å². The van der Waals surface area contributed by atoms with Crippen LogP contribution in [0.2, 0.25) is 0 Å². The molecule has 0 aliphatic rings. The molecule has 74 valence electrons. The van der Waals surface area contributed by atoms with E-state index in [9.17, 15) is 0 Å². The molecule has 0 amide bonds. The molecule has 2 rings (SSSR count). The van der Waals surface area contributed by atoms with Gasteiger partial charge in [-0.3, -0.25) is 9.67 Å². The van der Waals surface area contributed by atoms with Gasteiger partial charge >= 0.3 is 0 Å². The van der Waals surface area contributed by atoms with Crippen molar-refractivity contribution in [3.05, 3.63) is 24.2 Å². The Morgan fingerprint density at radius 1 is 1.57 bits per heavy atom. The van der Waals surface area contributed by atoms with Crippen LogP contribution in [-0.4, -0.2) is 20.8 Å². The quantitative estimate of drug-likeness (QED) is 0.764. The molecule has 0 aliphatic heterocycles. The highest BCUT2D eigenvalue weighted by Crippen LogP contribution is 2.16. The zero-order valence-corrected chi connectivity index (χ0v) is 8.44. The summed E-state index contributed by atoms with van der Waals surface area (Å²) in [6, 6.07) is 2.13. The average molecular weight is 190 g/mol. The van der Waals surface area contributed by atoms with Gasteiger partial charge in [0.25, 0.3) is 0 Å². The minimum Gasteiger partial charge on any atom is -0.328 e. The van der Waals surface area contributed by atoms with Crippen LogP contribution < -0.4 is 5.73 Å². The number of nitrogens with two attached hydrogens (primary N) is 1. The lowest BCUT2D eigenvalue weighted by Gasteiger charge is -2.00. The fraction of sp³-hybridized carbons (Fsp3) is 0.400. The monoisotopic (exact) mass is 190 g/mol. The number of fused-ring (bicyclic) bond motifs is 1. The number of pyridine rings is 1. The van der Waals surface area contributed by atoms with Gasteiger partial charge in [-0.15, -0.1) is 0 Å². The molecule has 0 aliphatic carbocycles. The van der Waals surface area contributed by atoms with Crippen LogP contribution >= 0.6 is 0 Å². The molecule has 0 aromatic carbocycles. The van der Waals surface area contributed by atoms with Gasteiger partial charge in [0, 0.05) is 31.1 Å². The van der Waals surface area contributed by atoms with Crippen molar-refractivity contribution < 1.29 is 0 Å². The molecular formula is C10H14N4. The van der Waals surface area contributed by atoms with E-state index in [1.807, 2.05) is 30.9 Å². The van der Waals surface area contributed by atoms with Gasteiger partial charge in [0.1, 0.15) is 0 Å². The first kappa shape index (κ1) is 9.15. The normalized spacial score (nSPS) is 13.4. The van der Waals surface area contributed by atoms with Crippen LogP contribution in [0.3, 0.4) is 0 Å². The summed E-state index contributed by atoms with van der Waals surface area (Å²) in [4.78, 5) is 4.07. The van der Waals surface area contributed by atoms with Crippen LogP contribution in [0.4, 0.5) is 0 Å². The lowest BCUT2D eigenvalue weighted by Crippen LogP contribution is -2.18. The molecule has 2 heterocycles. The Morgan fingerprint density at radius 2 is 2.36 bits per heavy atom. The number of rotatable bonds is 2. The van der Waals surface area contributed by atoms with E-state index in [0.717, 1.165) is 23.0 Å². The van der Waals surface area contributed by atoms with Gasteiger partial charge in [-0.25, -0.2) is 0 Å². The lowest BCUT2D eigenvalue weighted by atomic mass is 10.1. The van der Waals surface area contributed by atoms with E-state index in [1.54, 1.807) is 6.20 Å². The van der Waals surface area contributed by atoms with Crippen molar-refractivity contribution in [2.45, 2.75) is 19.4 Å². The van der Waals surface area contributed by atoms with Crippen molar-refractivity contribution in [1.29, 1.82) is 0 Å². The third kappa shape index (κ3) is 1.48. The van der Waals surface area contributed by atoms with Crippen LogP contribution in [-0.2, 0) is 13.5 Å². The Bertz CT molecular complexity index is 444. The first-order valence-corrected chi connectivity index (χ1v) is 4.69. The van der Waals surface area contributed by atoms with Crippen molar-refractivity contribution in [2.24, 2.45) is 12.8 Å². The van der Waals surface area contributed by atoms with Gasteiger partial charge in [-0.1, -0.05) is 0 Å². The van der Waals surface area contributed by atoms with Gasteiger partial charge in [-0.05, 0) is 13.0 Å². The van der Waals surface area contributed by atoms with Gasteiger partial charge in [0.05, 0.1) is 17.4 Å². The maximum Gasteiger partial charge on any atom is 0.0865 e. The molecule has 2 aromatic rings. The second-order valence-electron chi connectivity index (χ2n) is 3.64. The number of hydrogen-bond acceptors (Lipinski definition) is 3.